The lowest BCUT2D eigenvalue weighted by atomic mass is 10.0. The maximum Gasteiger partial charge on any atom is 0.305 e. The number of nitrogens with one attached hydrogen (secondary N) is 2. The third kappa shape index (κ3) is 9.80. The molecule has 2 saturated heterocycles. The number of ether oxygens (including phenoxy) is 3. The summed E-state index contributed by atoms with van der Waals surface area (Å²) in [5.74, 6) is 7.23. The Labute approximate surface area is 375 Å². The lowest BCUT2D eigenvalue weighted by Gasteiger charge is -2.33. The van der Waals surface area contributed by atoms with E-state index in [9.17, 15) is 19.2 Å². The summed E-state index contributed by atoms with van der Waals surface area (Å²) in [6.07, 6.45) is 7.71. The van der Waals surface area contributed by atoms with Crippen molar-refractivity contribution in [2.45, 2.75) is 90.3 Å². The molecule has 0 saturated carbocycles. The molecule has 2 N–H and O–H groups in total. The van der Waals surface area contributed by atoms with Gasteiger partial charge in [0.15, 0.2) is 5.82 Å². The Balaban J connectivity index is 0.671. The first kappa shape index (κ1) is 43.1. The highest BCUT2D eigenvalue weighted by atomic mass is 32.1. The average Bonchev–Trinajstić information content (AvgIpc) is 4.05. The van der Waals surface area contributed by atoms with Crippen LogP contribution in [0.1, 0.15) is 93.2 Å². The smallest absolute Gasteiger partial charge is 0.305 e. The molecule has 0 aliphatic carbocycles. The third-order valence-corrected chi connectivity index (χ3v) is 13.4. The van der Waals surface area contributed by atoms with Crippen molar-refractivity contribution < 1.29 is 33.4 Å². The number of benzene rings is 2. The van der Waals surface area contributed by atoms with Crippen LogP contribution in [0, 0.1) is 18.8 Å². The number of anilines is 1. The van der Waals surface area contributed by atoms with Gasteiger partial charge >= 0.3 is 5.97 Å². The molecular formula is C47H51N9O7S. The van der Waals surface area contributed by atoms with E-state index >= 15 is 0 Å². The van der Waals surface area contributed by atoms with Crippen LogP contribution >= 0.6 is 11.3 Å². The van der Waals surface area contributed by atoms with Crippen molar-refractivity contribution in [1.82, 2.24) is 39.7 Å². The highest BCUT2D eigenvalue weighted by Gasteiger charge is 2.40. The summed E-state index contributed by atoms with van der Waals surface area (Å²) in [6.45, 7) is 7.45. The molecule has 5 aromatic rings. The number of carbonyl (C=O) groups excluding carboxylic acids is 4. The lowest BCUT2D eigenvalue weighted by molar-refractivity contribution is -0.145. The van der Waals surface area contributed by atoms with Gasteiger partial charge in [0.1, 0.15) is 30.1 Å². The number of aryl methyl sites for hydroxylation is 2. The van der Waals surface area contributed by atoms with Crippen molar-refractivity contribution in [3.05, 3.63) is 111 Å². The number of fused-ring (bicyclic) bond motifs is 4. The highest BCUT2D eigenvalue weighted by molar-refractivity contribution is 7.15. The van der Waals surface area contributed by atoms with E-state index in [4.69, 9.17) is 14.2 Å². The summed E-state index contributed by atoms with van der Waals surface area (Å²) in [5.41, 5.74) is 6.70. The van der Waals surface area contributed by atoms with Crippen LogP contribution < -0.4 is 10.6 Å². The molecule has 2 fully saturated rings. The van der Waals surface area contributed by atoms with Gasteiger partial charge in [-0.05, 0) is 62.3 Å². The van der Waals surface area contributed by atoms with Gasteiger partial charge in [0.25, 0.3) is 5.91 Å². The van der Waals surface area contributed by atoms with Gasteiger partial charge in [-0.25, -0.2) is 0 Å². The number of carbonyl (C=O) groups is 4. The van der Waals surface area contributed by atoms with E-state index in [0.717, 1.165) is 88.4 Å². The lowest BCUT2D eigenvalue weighted by Crippen LogP contribution is -2.52. The van der Waals surface area contributed by atoms with E-state index in [2.05, 4.69) is 71.5 Å². The maximum absolute atomic E-state index is 13.2. The van der Waals surface area contributed by atoms with Crippen LogP contribution in [0.2, 0.25) is 0 Å². The molecule has 17 heteroatoms. The molecule has 7 heterocycles. The fourth-order valence-corrected chi connectivity index (χ4v) is 10.0. The molecule has 3 aromatic heterocycles. The van der Waals surface area contributed by atoms with Gasteiger partial charge in [-0.1, -0.05) is 48.2 Å². The Kier molecular flexibility index (Phi) is 13.3. The maximum atomic E-state index is 13.2. The largest absolute Gasteiger partial charge is 0.463 e. The molecule has 332 valence electrons. The van der Waals surface area contributed by atoms with E-state index in [0.29, 0.717) is 57.9 Å². The van der Waals surface area contributed by atoms with Crippen molar-refractivity contribution in [2.75, 3.05) is 44.8 Å². The normalized spacial score (nSPS) is 17.5. The minimum Gasteiger partial charge on any atom is -0.463 e. The Morgan fingerprint density at radius 1 is 0.969 bits per heavy atom. The minimum absolute atomic E-state index is 0.169. The van der Waals surface area contributed by atoms with Crippen LogP contribution in [0.3, 0.4) is 0 Å². The summed E-state index contributed by atoms with van der Waals surface area (Å²) in [7, 11) is 0. The molecule has 0 bridgehead atoms. The molecular weight excluding hydrogens is 835 g/mol. The van der Waals surface area contributed by atoms with Gasteiger partial charge in [-0.15, -0.1) is 21.5 Å². The number of thiophene rings is 1. The van der Waals surface area contributed by atoms with Gasteiger partial charge in [-0.3, -0.25) is 33.7 Å². The van der Waals surface area contributed by atoms with E-state index in [1.807, 2.05) is 36.0 Å². The zero-order valence-electron chi connectivity index (χ0n) is 35.8. The second-order valence-corrected chi connectivity index (χ2v) is 17.5. The number of esters is 1. The third-order valence-electron chi connectivity index (χ3n) is 12.2. The summed E-state index contributed by atoms with van der Waals surface area (Å²) in [4.78, 5) is 54.8. The van der Waals surface area contributed by atoms with Gasteiger partial charge in [0, 0.05) is 80.2 Å². The van der Waals surface area contributed by atoms with Crippen molar-refractivity contribution >= 4 is 40.7 Å². The molecule has 9 rings (SSSR count). The molecule has 0 radical (unpaired) electrons. The topological polar surface area (TPSA) is 175 Å². The van der Waals surface area contributed by atoms with Crippen molar-refractivity contribution in [3.63, 3.8) is 0 Å². The van der Waals surface area contributed by atoms with Gasteiger partial charge < -0.3 is 29.3 Å². The molecule has 1 unspecified atom stereocenters. The van der Waals surface area contributed by atoms with Crippen molar-refractivity contribution in [2.24, 2.45) is 0 Å². The number of hydrogen-bond donors (Lipinski definition) is 2. The van der Waals surface area contributed by atoms with Gasteiger partial charge in [0.2, 0.25) is 11.8 Å². The SMILES string of the molecule is Cc1nnc2n1-c1sc(C#Cc3cnn(CCCC(=O)OCCOCCN4CCC(Nc5cccc6c5CN(C5CCC(=O)NC5=O)C6=O)CC4)c3)c(Cc3ccccc3)c1COC2. The van der Waals surface area contributed by atoms with Gasteiger partial charge in [-0.2, -0.15) is 5.10 Å². The van der Waals surface area contributed by atoms with Crippen LogP contribution in [0.5, 0.6) is 0 Å². The first-order valence-corrected chi connectivity index (χ1v) is 22.8. The number of hydrogen-bond acceptors (Lipinski definition) is 13. The predicted octanol–water partition coefficient (Wildman–Crippen LogP) is 4.53. The number of likely N-dealkylation sites (tertiary alicyclic amines) is 1. The zero-order valence-corrected chi connectivity index (χ0v) is 36.7. The monoisotopic (exact) mass is 885 g/mol. The summed E-state index contributed by atoms with van der Waals surface area (Å²) >= 11 is 1.64. The summed E-state index contributed by atoms with van der Waals surface area (Å²) in [6, 6.07) is 15.7. The standard InChI is InChI=1S/C47H51N9O7S/c1-31-51-52-42-30-62-29-38-36(25-32-7-3-2-4-8-32)41(64-47(38)56(31)42)14-12-33-26-48-54(27-33)18-6-11-44(58)63-24-23-61-22-21-53-19-16-34(17-20-53)49-39-10-5-9-35-37(39)28-55(46(35)60)40-13-15-43(57)50-45(40)59/h2-5,7-10,26-27,34,40,49H,6,11,13,15-25,28-30H2,1H3,(H,50,57,59). The summed E-state index contributed by atoms with van der Waals surface area (Å²) < 4.78 is 21.2. The second-order valence-electron chi connectivity index (χ2n) is 16.5. The Bertz CT molecular complexity index is 2580. The quantitative estimate of drug-likeness (QED) is 0.0652. The van der Waals surface area contributed by atoms with E-state index in [-0.39, 0.29) is 43.3 Å². The van der Waals surface area contributed by atoms with E-state index < -0.39 is 11.9 Å². The van der Waals surface area contributed by atoms with E-state index in [1.165, 1.54) is 5.56 Å². The van der Waals surface area contributed by atoms with Crippen LogP contribution in [-0.4, -0.2) is 110 Å². The molecule has 0 spiro atoms. The summed E-state index contributed by atoms with van der Waals surface area (Å²) in [5, 5.41) is 20.2. The number of aromatic nitrogens is 5. The average molecular weight is 886 g/mol. The molecule has 1 atom stereocenters. The van der Waals surface area contributed by atoms with Crippen LogP contribution in [-0.2, 0) is 61.3 Å². The van der Waals surface area contributed by atoms with Crippen molar-refractivity contribution in [1.29, 1.82) is 0 Å². The van der Waals surface area contributed by atoms with Crippen LogP contribution in [0.15, 0.2) is 60.9 Å². The first-order valence-electron chi connectivity index (χ1n) is 22.0. The zero-order chi connectivity index (χ0) is 44.0. The van der Waals surface area contributed by atoms with E-state index in [1.54, 1.807) is 28.5 Å². The second kappa shape index (κ2) is 19.7. The van der Waals surface area contributed by atoms with Crippen LogP contribution in [0.4, 0.5) is 5.69 Å². The van der Waals surface area contributed by atoms with Crippen molar-refractivity contribution in [3.8, 4) is 16.8 Å². The number of imide groups is 1. The minimum atomic E-state index is -0.633. The Hall–Kier alpha value is -6.19. The number of nitrogens with zero attached hydrogens (tertiary/aromatic N) is 7. The molecule has 3 amide bonds. The first-order chi connectivity index (χ1) is 31.3. The molecule has 64 heavy (non-hydrogen) atoms. The van der Waals surface area contributed by atoms with Crippen LogP contribution in [0.25, 0.3) is 5.00 Å². The number of piperidine rings is 2. The highest BCUT2D eigenvalue weighted by Crippen LogP contribution is 2.37. The fraction of sp³-hybridized carbons (Fsp3) is 0.426. The molecule has 4 aliphatic heterocycles. The van der Waals surface area contributed by atoms with Gasteiger partial charge in [0.05, 0.1) is 36.5 Å². The Morgan fingerprint density at radius 3 is 2.67 bits per heavy atom. The molecule has 16 nitrogen and oxygen atoms in total. The Morgan fingerprint density at radius 2 is 1.83 bits per heavy atom. The molecule has 4 aliphatic rings. The number of amides is 3. The number of rotatable bonds is 15. The fourth-order valence-electron chi connectivity index (χ4n) is 8.80. The predicted molar refractivity (Wildman–Crippen MR) is 237 cm³/mol. The molecule has 2 aromatic carbocycles.